The van der Waals surface area contributed by atoms with Crippen molar-refractivity contribution in [1.29, 1.82) is 0 Å². The molecule has 0 radical (unpaired) electrons. The van der Waals surface area contributed by atoms with Gasteiger partial charge in [-0.15, -0.1) is 0 Å². The second-order valence-electron chi connectivity index (χ2n) is 5.16. The molecule has 0 aliphatic rings. The van der Waals surface area contributed by atoms with Gasteiger partial charge in [-0.1, -0.05) is 19.1 Å². The second-order valence-corrected chi connectivity index (χ2v) is 5.16. The number of hydrogen-bond donors (Lipinski definition) is 1. The number of rotatable bonds is 5. The van der Waals surface area contributed by atoms with Crippen LogP contribution in [0.2, 0.25) is 0 Å². The number of para-hydroxylation sites is 1. The van der Waals surface area contributed by atoms with E-state index in [1.54, 1.807) is 30.1 Å². The molecule has 0 amide bonds. The lowest BCUT2D eigenvalue weighted by Crippen LogP contribution is -2.28. The van der Waals surface area contributed by atoms with Crippen LogP contribution in [0.4, 0.5) is 14.5 Å². The molecule has 3 nitrogen and oxygen atoms in total. The van der Waals surface area contributed by atoms with Crippen LogP contribution < -0.4 is 4.90 Å². The maximum absolute atomic E-state index is 13.7. The van der Waals surface area contributed by atoms with E-state index in [0.717, 1.165) is 6.20 Å². The second kappa shape index (κ2) is 6.63. The van der Waals surface area contributed by atoms with Gasteiger partial charge in [-0.2, -0.15) is 0 Å². The van der Waals surface area contributed by atoms with Gasteiger partial charge in [0.25, 0.3) is 0 Å². The van der Waals surface area contributed by atoms with E-state index in [2.05, 4.69) is 4.98 Å². The molecule has 1 aromatic heterocycles. The summed E-state index contributed by atoms with van der Waals surface area (Å²) < 4.78 is 26.5. The van der Waals surface area contributed by atoms with E-state index in [0.29, 0.717) is 17.9 Å². The van der Waals surface area contributed by atoms with Gasteiger partial charge in [0.2, 0.25) is 0 Å². The van der Waals surface area contributed by atoms with Crippen LogP contribution >= 0.6 is 0 Å². The first-order valence-corrected chi connectivity index (χ1v) is 6.74. The number of aliphatic hydroxyl groups is 1. The van der Waals surface area contributed by atoms with Crippen molar-refractivity contribution in [2.24, 2.45) is 5.92 Å². The van der Waals surface area contributed by atoms with Crippen molar-refractivity contribution in [2.45, 2.75) is 13.0 Å². The molecule has 1 heterocycles. The largest absolute Gasteiger partial charge is 0.386 e. The van der Waals surface area contributed by atoms with Crippen molar-refractivity contribution in [3.63, 3.8) is 0 Å². The molecular formula is C16H18F2N2O. The lowest BCUT2D eigenvalue weighted by Gasteiger charge is -2.26. The molecule has 21 heavy (non-hydrogen) atoms. The first-order chi connectivity index (χ1) is 9.99. The third-order valence-corrected chi connectivity index (χ3v) is 3.42. The molecule has 0 fully saturated rings. The fraction of sp³-hybridized carbons (Fsp3) is 0.312. The SMILES string of the molecule is CC(CN(C)c1ccccc1F)C(O)c1ccc(F)cn1. The minimum absolute atomic E-state index is 0.187. The Morgan fingerprint density at radius 2 is 1.90 bits per heavy atom. The molecule has 1 aromatic carbocycles. The lowest BCUT2D eigenvalue weighted by atomic mass is 10.0. The third-order valence-electron chi connectivity index (χ3n) is 3.42. The summed E-state index contributed by atoms with van der Waals surface area (Å²) in [5, 5.41) is 10.2. The third kappa shape index (κ3) is 3.76. The van der Waals surface area contributed by atoms with Gasteiger partial charge >= 0.3 is 0 Å². The number of aromatic nitrogens is 1. The van der Waals surface area contributed by atoms with Gasteiger partial charge in [-0.05, 0) is 24.3 Å². The summed E-state index contributed by atoms with van der Waals surface area (Å²) in [6.07, 6.45) is 0.242. The lowest BCUT2D eigenvalue weighted by molar-refractivity contribution is 0.116. The van der Waals surface area contributed by atoms with E-state index >= 15 is 0 Å². The summed E-state index contributed by atoms with van der Waals surface area (Å²) in [5.74, 6) is -0.934. The van der Waals surface area contributed by atoms with Crippen LogP contribution in [0, 0.1) is 17.6 Å². The van der Waals surface area contributed by atoms with Gasteiger partial charge < -0.3 is 10.0 Å². The van der Waals surface area contributed by atoms with Gasteiger partial charge in [0.15, 0.2) is 0 Å². The molecule has 0 spiro atoms. The number of hydrogen-bond acceptors (Lipinski definition) is 3. The first-order valence-electron chi connectivity index (χ1n) is 6.74. The van der Waals surface area contributed by atoms with Crippen LogP contribution in [0.3, 0.4) is 0 Å². The van der Waals surface area contributed by atoms with E-state index < -0.39 is 11.9 Å². The van der Waals surface area contributed by atoms with Crippen molar-refractivity contribution < 1.29 is 13.9 Å². The average Bonchev–Trinajstić information content (AvgIpc) is 2.47. The van der Waals surface area contributed by atoms with Crippen molar-refractivity contribution >= 4 is 5.69 Å². The number of nitrogens with zero attached hydrogens (tertiary/aromatic N) is 2. The Hall–Kier alpha value is -2.01. The molecule has 0 aliphatic carbocycles. The molecule has 0 saturated heterocycles. The molecule has 0 saturated carbocycles. The normalized spacial score (nSPS) is 13.8. The number of halogens is 2. The molecule has 2 atom stereocenters. The number of benzene rings is 1. The summed E-state index contributed by atoms with van der Waals surface area (Å²) in [7, 11) is 1.76. The van der Waals surface area contributed by atoms with Gasteiger partial charge in [0, 0.05) is 19.5 Å². The first kappa shape index (κ1) is 15.4. The predicted octanol–water partition coefficient (Wildman–Crippen LogP) is 3.17. The van der Waals surface area contributed by atoms with Gasteiger partial charge in [0.1, 0.15) is 17.7 Å². The van der Waals surface area contributed by atoms with E-state index in [1.165, 1.54) is 18.2 Å². The predicted molar refractivity (Wildman–Crippen MR) is 78.0 cm³/mol. The maximum Gasteiger partial charge on any atom is 0.146 e. The van der Waals surface area contributed by atoms with Gasteiger partial charge in [0.05, 0.1) is 17.6 Å². The van der Waals surface area contributed by atoms with Crippen molar-refractivity contribution in [3.8, 4) is 0 Å². The highest BCUT2D eigenvalue weighted by Crippen LogP contribution is 2.24. The molecule has 112 valence electrons. The highest BCUT2D eigenvalue weighted by atomic mass is 19.1. The zero-order chi connectivity index (χ0) is 15.4. The molecular weight excluding hydrogens is 274 g/mol. The van der Waals surface area contributed by atoms with E-state index in [1.807, 2.05) is 6.92 Å². The van der Waals surface area contributed by atoms with E-state index in [4.69, 9.17) is 0 Å². The van der Waals surface area contributed by atoms with Crippen LogP contribution in [-0.2, 0) is 0 Å². The van der Waals surface area contributed by atoms with Crippen molar-refractivity contribution in [1.82, 2.24) is 4.98 Å². The maximum atomic E-state index is 13.7. The molecule has 5 heteroatoms. The Bertz CT molecular complexity index is 589. The van der Waals surface area contributed by atoms with Crippen molar-refractivity contribution in [3.05, 3.63) is 59.9 Å². The van der Waals surface area contributed by atoms with Crippen LogP contribution in [0.15, 0.2) is 42.6 Å². The summed E-state index contributed by atoms with van der Waals surface area (Å²) in [5.41, 5.74) is 0.884. The smallest absolute Gasteiger partial charge is 0.146 e. The number of aliphatic hydroxyl groups excluding tert-OH is 1. The summed E-state index contributed by atoms with van der Waals surface area (Å²) >= 11 is 0. The molecule has 0 bridgehead atoms. The Labute approximate surface area is 122 Å². The number of anilines is 1. The quantitative estimate of drug-likeness (QED) is 0.919. The van der Waals surface area contributed by atoms with Gasteiger partial charge in [-0.3, -0.25) is 4.98 Å². The highest BCUT2D eigenvalue weighted by Gasteiger charge is 2.20. The highest BCUT2D eigenvalue weighted by molar-refractivity contribution is 5.46. The fourth-order valence-electron chi connectivity index (χ4n) is 2.25. The summed E-state index contributed by atoms with van der Waals surface area (Å²) in [6.45, 7) is 2.29. The Morgan fingerprint density at radius 3 is 2.52 bits per heavy atom. The zero-order valence-corrected chi connectivity index (χ0v) is 12.0. The van der Waals surface area contributed by atoms with E-state index in [-0.39, 0.29) is 11.7 Å². The van der Waals surface area contributed by atoms with E-state index in [9.17, 15) is 13.9 Å². The molecule has 2 aromatic rings. The molecule has 2 unspecified atom stereocenters. The average molecular weight is 292 g/mol. The fourth-order valence-corrected chi connectivity index (χ4v) is 2.25. The Morgan fingerprint density at radius 1 is 1.19 bits per heavy atom. The summed E-state index contributed by atoms with van der Waals surface area (Å²) in [4.78, 5) is 5.62. The van der Waals surface area contributed by atoms with Crippen LogP contribution in [0.5, 0.6) is 0 Å². The number of pyridine rings is 1. The standard InChI is InChI=1S/C16H18F2N2O/c1-11(16(21)14-8-7-12(17)9-19-14)10-20(2)15-6-4-3-5-13(15)18/h3-9,11,16,21H,10H2,1-2H3. The molecule has 1 N–H and O–H groups in total. The minimum atomic E-state index is -0.833. The van der Waals surface area contributed by atoms with Crippen molar-refractivity contribution in [2.75, 3.05) is 18.5 Å². The van der Waals surface area contributed by atoms with Crippen LogP contribution in [0.25, 0.3) is 0 Å². The van der Waals surface area contributed by atoms with Crippen LogP contribution in [0.1, 0.15) is 18.7 Å². The van der Waals surface area contributed by atoms with Gasteiger partial charge in [-0.25, -0.2) is 8.78 Å². The monoisotopic (exact) mass is 292 g/mol. The zero-order valence-electron chi connectivity index (χ0n) is 12.0. The summed E-state index contributed by atoms with van der Waals surface area (Å²) in [6, 6.07) is 9.20. The Kier molecular flexibility index (Phi) is 4.85. The Balaban J connectivity index is 2.05. The molecule has 2 rings (SSSR count). The minimum Gasteiger partial charge on any atom is -0.386 e. The van der Waals surface area contributed by atoms with Crippen LogP contribution in [-0.4, -0.2) is 23.7 Å². The molecule has 0 aliphatic heterocycles. The topological polar surface area (TPSA) is 36.4 Å².